The standard InChI is InChI=1S/C10H17NO2/c1-3-7-10(13)11(2)8-5-4-6-9-12/h3,7,9H,4-6,8H2,1-2H3/b7-3-. The van der Waals surface area contributed by atoms with Crippen LogP contribution in [-0.2, 0) is 9.59 Å². The molecule has 0 bridgehead atoms. The predicted molar refractivity (Wildman–Crippen MR) is 52.4 cm³/mol. The monoisotopic (exact) mass is 183 g/mol. The van der Waals surface area contributed by atoms with E-state index >= 15 is 0 Å². The van der Waals surface area contributed by atoms with Gasteiger partial charge in [0.05, 0.1) is 0 Å². The Morgan fingerprint density at radius 1 is 1.38 bits per heavy atom. The molecule has 0 unspecified atom stereocenters. The van der Waals surface area contributed by atoms with Crippen LogP contribution in [0, 0.1) is 0 Å². The predicted octanol–water partition coefficient (Wildman–Crippen LogP) is 1.39. The molecule has 0 saturated carbocycles. The maximum absolute atomic E-state index is 11.2. The summed E-state index contributed by atoms with van der Waals surface area (Å²) in [4.78, 5) is 22.8. The first-order valence-electron chi connectivity index (χ1n) is 4.53. The molecule has 0 aromatic carbocycles. The topological polar surface area (TPSA) is 37.4 Å². The second-order valence-corrected chi connectivity index (χ2v) is 2.92. The molecule has 0 N–H and O–H groups in total. The van der Waals surface area contributed by atoms with Gasteiger partial charge < -0.3 is 9.69 Å². The van der Waals surface area contributed by atoms with E-state index in [1.807, 2.05) is 6.92 Å². The Balaban J connectivity index is 3.55. The Bertz CT molecular complexity index is 187. The van der Waals surface area contributed by atoms with Crippen molar-refractivity contribution in [3.63, 3.8) is 0 Å². The fraction of sp³-hybridized carbons (Fsp3) is 0.600. The van der Waals surface area contributed by atoms with Crippen LogP contribution < -0.4 is 0 Å². The Morgan fingerprint density at radius 2 is 2.08 bits per heavy atom. The van der Waals surface area contributed by atoms with Gasteiger partial charge in [0, 0.05) is 20.0 Å². The van der Waals surface area contributed by atoms with Gasteiger partial charge in [-0.15, -0.1) is 0 Å². The van der Waals surface area contributed by atoms with Gasteiger partial charge in [-0.2, -0.15) is 0 Å². The molecule has 0 saturated heterocycles. The molecule has 0 spiro atoms. The lowest BCUT2D eigenvalue weighted by atomic mass is 10.2. The van der Waals surface area contributed by atoms with E-state index in [2.05, 4.69) is 0 Å². The molecule has 3 nitrogen and oxygen atoms in total. The van der Waals surface area contributed by atoms with Crippen molar-refractivity contribution in [2.24, 2.45) is 0 Å². The van der Waals surface area contributed by atoms with Crippen LogP contribution >= 0.6 is 0 Å². The summed E-state index contributed by atoms with van der Waals surface area (Å²) in [5.74, 6) is 0.0219. The summed E-state index contributed by atoms with van der Waals surface area (Å²) >= 11 is 0. The van der Waals surface area contributed by atoms with Gasteiger partial charge in [-0.1, -0.05) is 6.08 Å². The Hall–Kier alpha value is -1.12. The lowest BCUT2D eigenvalue weighted by Gasteiger charge is -2.13. The molecule has 0 aliphatic carbocycles. The van der Waals surface area contributed by atoms with Crippen LogP contribution in [0.25, 0.3) is 0 Å². The summed E-state index contributed by atoms with van der Waals surface area (Å²) in [7, 11) is 1.77. The average molecular weight is 183 g/mol. The van der Waals surface area contributed by atoms with Gasteiger partial charge in [-0.3, -0.25) is 4.79 Å². The zero-order valence-electron chi connectivity index (χ0n) is 8.32. The van der Waals surface area contributed by atoms with Crippen molar-refractivity contribution in [2.45, 2.75) is 26.2 Å². The van der Waals surface area contributed by atoms with Crippen LogP contribution in [0.15, 0.2) is 12.2 Å². The Labute approximate surface area is 79.4 Å². The number of nitrogens with zero attached hydrogens (tertiary/aromatic N) is 1. The fourth-order valence-electron chi connectivity index (χ4n) is 0.957. The number of unbranched alkanes of at least 4 members (excludes halogenated alkanes) is 2. The van der Waals surface area contributed by atoms with E-state index in [1.165, 1.54) is 0 Å². The molecule has 0 atom stereocenters. The smallest absolute Gasteiger partial charge is 0.245 e. The molecule has 0 radical (unpaired) electrons. The van der Waals surface area contributed by atoms with Gasteiger partial charge in [0.2, 0.25) is 5.91 Å². The molecule has 13 heavy (non-hydrogen) atoms. The first-order chi connectivity index (χ1) is 6.22. The Kier molecular flexibility index (Phi) is 6.88. The third kappa shape index (κ3) is 6.08. The van der Waals surface area contributed by atoms with Crippen LogP contribution in [0.4, 0.5) is 0 Å². The number of carbonyl (C=O) groups is 2. The maximum Gasteiger partial charge on any atom is 0.245 e. The first-order valence-corrected chi connectivity index (χ1v) is 4.53. The van der Waals surface area contributed by atoms with E-state index in [9.17, 15) is 9.59 Å². The summed E-state index contributed by atoms with van der Waals surface area (Å²) in [5, 5.41) is 0. The highest BCUT2D eigenvalue weighted by atomic mass is 16.2. The molecule has 0 aliphatic rings. The van der Waals surface area contributed by atoms with Crippen LogP contribution in [0.3, 0.4) is 0 Å². The normalized spacial score (nSPS) is 10.3. The van der Waals surface area contributed by atoms with E-state index in [-0.39, 0.29) is 5.91 Å². The third-order valence-electron chi connectivity index (χ3n) is 1.75. The van der Waals surface area contributed by atoms with Crippen LogP contribution in [0.5, 0.6) is 0 Å². The summed E-state index contributed by atoms with van der Waals surface area (Å²) < 4.78 is 0. The number of carbonyl (C=O) groups excluding carboxylic acids is 2. The van der Waals surface area contributed by atoms with E-state index in [4.69, 9.17) is 0 Å². The number of likely N-dealkylation sites (N-methyl/N-ethyl adjacent to an activating group) is 1. The SMILES string of the molecule is C/C=C\C(=O)N(C)CCCCC=O. The van der Waals surface area contributed by atoms with Crippen molar-refractivity contribution in [1.29, 1.82) is 0 Å². The van der Waals surface area contributed by atoms with Crippen LogP contribution in [0.2, 0.25) is 0 Å². The van der Waals surface area contributed by atoms with Gasteiger partial charge in [0.1, 0.15) is 6.29 Å². The molecule has 0 aromatic heterocycles. The number of hydrogen-bond donors (Lipinski definition) is 0. The lowest BCUT2D eigenvalue weighted by Crippen LogP contribution is -2.25. The minimum Gasteiger partial charge on any atom is -0.342 e. The first kappa shape index (κ1) is 11.9. The van der Waals surface area contributed by atoms with Crippen molar-refractivity contribution < 1.29 is 9.59 Å². The molecule has 0 heterocycles. The van der Waals surface area contributed by atoms with Gasteiger partial charge in [0.25, 0.3) is 0 Å². The molecular formula is C10H17NO2. The Morgan fingerprint density at radius 3 is 2.62 bits per heavy atom. The largest absolute Gasteiger partial charge is 0.342 e. The average Bonchev–Trinajstić information content (AvgIpc) is 2.12. The van der Waals surface area contributed by atoms with Gasteiger partial charge in [0.15, 0.2) is 0 Å². The number of allylic oxidation sites excluding steroid dienone is 1. The van der Waals surface area contributed by atoms with Gasteiger partial charge in [-0.05, 0) is 25.8 Å². The zero-order valence-corrected chi connectivity index (χ0v) is 8.32. The second-order valence-electron chi connectivity index (χ2n) is 2.92. The fourth-order valence-corrected chi connectivity index (χ4v) is 0.957. The zero-order chi connectivity index (χ0) is 10.1. The second kappa shape index (κ2) is 7.53. The minimum atomic E-state index is 0.0219. The number of hydrogen-bond acceptors (Lipinski definition) is 2. The van der Waals surface area contributed by atoms with Crippen molar-refractivity contribution in [1.82, 2.24) is 4.90 Å². The molecule has 3 heteroatoms. The molecule has 74 valence electrons. The molecular weight excluding hydrogens is 166 g/mol. The van der Waals surface area contributed by atoms with E-state index in [0.29, 0.717) is 6.42 Å². The number of aldehydes is 1. The van der Waals surface area contributed by atoms with Crippen molar-refractivity contribution in [2.75, 3.05) is 13.6 Å². The van der Waals surface area contributed by atoms with Crippen molar-refractivity contribution in [3.05, 3.63) is 12.2 Å². The highest BCUT2D eigenvalue weighted by molar-refractivity contribution is 5.87. The molecule has 0 rings (SSSR count). The summed E-state index contributed by atoms with van der Waals surface area (Å²) in [5.41, 5.74) is 0. The van der Waals surface area contributed by atoms with E-state index in [0.717, 1.165) is 25.7 Å². The number of amides is 1. The summed E-state index contributed by atoms with van der Waals surface area (Å²) in [6.07, 6.45) is 6.51. The molecule has 0 aliphatic heterocycles. The molecule has 1 amide bonds. The lowest BCUT2D eigenvalue weighted by molar-refractivity contribution is -0.124. The van der Waals surface area contributed by atoms with Gasteiger partial charge >= 0.3 is 0 Å². The third-order valence-corrected chi connectivity index (χ3v) is 1.75. The van der Waals surface area contributed by atoms with Crippen molar-refractivity contribution in [3.8, 4) is 0 Å². The van der Waals surface area contributed by atoms with Crippen molar-refractivity contribution >= 4 is 12.2 Å². The number of rotatable bonds is 6. The highest BCUT2D eigenvalue weighted by Crippen LogP contribution is 1.96. The molecule has 0 fully saturated rings. The minimum absolute atomic E-state index is 0.0219. The summed E-state index contributed by atoms with van der Waals surface area (Å²) in [6, 6.07) is 0. The highest BCUT2D eigenvalue weighted by Gasteiger charge is 2.02. The summed E-state index contributed by atoms with van der Waals surface area (Å²) in [6.45, 7) is 2.54. The van der Waals surface area contributed by atoms with Gasteiger partial charge in [-0.25, -0.2) is 0 Å². The quantitative estimate of drug-likeness (QED) is 0.354. The van der Waals surface area contributed by atoms with E-state index in [1.54, 1.807) is 24.1 Å². The van der Waals surface area contributed by atoms with Crippen LogP contribution in [-0.4, -0.2) is 30.7 Å². The maximum atomic E-state index is 11.2. The van der Waals surface area contributed by atoms with Crippen LogP contribution in [0.1, 0.15) is 26.2 Å². The molecule has 0 aromatic rings. The van der Waals surface area contributed by atoms with E-state index < -0.39 is 0 Å².